The molecule has 154 valence electrons. The fraction of sp³-hybridized carbons (Fsp3) is 0.842. The van der Waals surface area contributed by atoms with E-state index in [1.165, 1.54) is 5.48 Å². The van der Waals surface area contributed by atoms with Crippen molar-refractivity contribution in [2.24, 2.45) is 11.8 Å². The molecule has 3 amide bonds. The Hall–Kier alpha value is -1.63. The molecule has 7 nitrogen and oxygen atoms in total. The first-order chi connectivity index (χ1) is 11.8. The predicted octanol–water partition coefficient (Wildman–Crippen LogP) is 2.77. The van der Waals surface area contributed by atoms with E-state index in [0.29, 0.717) is 6.42 Å². The van der Waals surface area contributed by atoms with Crippen LogP contribution in [0.15, 0.2) is 0 Å². The van der Waals surface area contributed by atoms with Crippen LogP contribution in [0.4, 0.5) is 0 Å². The van der Waals surface area contributed by atoms with E-state index in [4.69, 9.17) is 5.21 Å². The van der Waals surface area contributed by atoms with E-state index in [1.54, 1.807) is 6.92 Å². The second kappa shape index (κ2) is 13.6. The van der Waals surface area contributed by atoms with Gasteiger partial charge < -0.3 is 10.6 Å². The highest BCUT2D eigenvalue weighted by atomic mass is 16.5. The van der Waals surface area contributed by atoms with E-state index >= 15 is 0 Å². The summed E-state index contributed by atoms with van der Waals surface area (Å²) in [5, 5.41) is 14.0. The van der Waals surface area contributed by atoms with Gasteiger partial charge in [0.2, 0.25) is 17.7 Å². The third-order valence-electron chi connectivity index (χ3n) is 3.08. The van der Waals surface area contributed by atoms with Gasteiger partial charge in [0.15, 0.2) is 0 Å². The van der Waals surface area contributed by atoms with Gasteiger partial charge in [-0.25, -0.2) is 5.48 Å². The summed E-state index contributed by atoms with van der Waals surface area (Å²) in [7, 11) is 0. The van der Waals surface area contributed by atoms with Crippen molar-refractivity contribution in [3.63, 3.8) is 0 Å². The maximum Gasteiger partial charge on any atom is 0.244 e. The number of nitrogens with one attached hydrogen (secondary N) is 3. The molecule has 0 bridgehead atoms. The molecule has 0 aromatic heterocycles. The quantitative estimate of drug-likeness (QED) is 0.387. The molecule has 4 N–H and O–H groups in total. The van der Waals surface area contributed by atoms with Crippen molar-refractivity contribution < 1.29 is 19.6 Å². The average Bonchev–Trinajstić information content (AvgIpc) is 2.48. The summed E-state index contributed by atoms with van der Waals surface area (Å²) in [6.45, 7) is 15.7. The van der Waals surface area contributed by atoms with Crippen molar-refractivity contribution in [3.05, 3.63) is 0 Å². The van der Waals surface area contributed by atoms with Crippen molar-refractivity contribution >= 4 is 17.7 Å². The van der Waals surface area contributed by atoms with Gasteiger partial charge in [-0.3, -0.25) is 19.6 Å². The van der Waals surface area contributed by atoms with Gasteiger partial charge >= 0.3 is 0 Å². The summed E-state index contributed by atoms with van der Waals surface area (Å²) in [6.07, 6.45) is 2.11. The molecule has 0 aliphatic rings. The number of amides is 3. The standard InChI is InChI=1S/C15H29N3O4.C4H10/c1-6-7-8-11(9-12(19)18-22)14(21)16-10(2)13(20)17-15(3,4)5;1-4(2)3/h10-11,22H,6-9H2,1-5H3,(H,16,21)(H,17,20)(H,18,19);4H,1-3H3/t10?,11-;/m1./s1. The number of hydrogen-bond donors (Lipinski definition) is 4. The van der Waals surface area contributed by atoms with Gasteiger partial charge in [-0.15, -0.1) is 0 Å². The van der Waals surface area contributed by atoms with Crippen molar-refractivity contribution in [3.8, 4) is 0 Å². The molecular weight excluding hydrogens is 334 g/mol. The molecule has 0 aliphatic heterocycles. The smallest absolute Gasteiger partial charge is 0.244 e. The van der Waals surface area contributed by atoms with Gasteiger partial charge in [0, 0.05) is 17.9 Å². The van der Waals surface area contributed by atoms with Crippen molar-refractivity contribution in [2.45, 2.75) is 92.7 Å². The first-order valence-corrected chi connectivity index (χ1v) is 9.39. The molecule has 0 spiro atoms. The summed E-state index contributed by atoms with van der Waals surface area (Å²) in [5.74, 6) is -0.963. The van der Waals surface area contributed by atoms with Crippen LogP contribution in [0.2, 0.25) is 0 Å². The minimum absolute atomic E-state index is 0.101. The van der Waals surface area contributed by atoms with E-state index in [0.717, 1.165) is 18.8 Å². The SMILES string of the molecule is CC(C)C.CCCC[C@H](CC(=O)NO)C(=O)NC(C)C(=O)NC(C)(C)C. The molecule has 26 heavy (non-hydrogen) atoms. The lowest BCUT2D eigenvalue weighted by Gasteiger charge is -2.25. The highest BCUT2D eigenvalue weighted by Crippen LogP contribution is 2.13. The molecule has 7 heteroatoms. The van der Waals surface area contributed by atoms with Crippen LogP contribution in [-0.4, -0.2) is 34.5 Å². The molecule has 1 unspecified atom stereocenters. The van der Waals surface area contributed by atoms with Gasteiger partial charge in [-0.2, -0.15) is 0 Å². The van der Waals surface area contributed by atoms with Crippen LogP contribution in [0.5, 0.6) is 0 Å². The monoisotopic (exact) mass is 373 g/mol. The van der Waals surface area contributed by atoms with E-state index in [9.17, 15) is 14.4 Å². The molecule has 0 saturated carbocycles. The van der Waals surface area contributed by atoms with E-state index < -0.39 is 17.9 Å². The zero-order valence-corrected chi connectivity index (χ0v) is 17.7. The summed E-state index contributed by atoms with van der Waals surface area (Å²) in [4.78, 5) is 35.5. The van der Waals surface area contributed by atoms with E-state index in [2.05, 4.69) is 31.4 Å². The molecule has 0 fully saturated rings. The van der Waals surface area contributed by atoms with Crippen LogP contribution in [0.25, 0.3) is 0 Å². The number of carbonyl (C=O) groups excluding carboxylic acids is 3. The van der Waals surface area contributed by atoms with Crippen LogP contribution in [-0.2, 0) is 14.4 Å². The van der Waals surface area contributed by atoms with Crippen molar-refractivity contribution in [2.75, 3.05) is 0 Å². The Balaban J connectivity index is 0. The van der Waals surface area contributed by atoms with Crippen LogP contribution >= 0.6 is 0 Å². The van der Waals surface area contributed by atoms with Crippen molar-refractivity contribution in [1.29, 1.82) is 0 Å². The molecular formula is C19H39N3O4. The van der Waals surface area contributed by atoms with Gasteiger partial charge in [0.1, 0.15) is 6.04 Å². The molecule has 0 aromatic carbocycles. The molecule has 2 atom stereocenters. The van der Waals surface area contributed by atoms with Gasteiger partial charge in [-0.1, -0.05) is 40.5 Å². The first kappa shape index (κ1) is 26.6. The second-order valence-corrected chi connectivity index (χ2v) is 8.28. The average molecular weight is 374 g/mol. The normalized spacial score (nSPS) is 13.2. The lowest BCUT2D eigenvalue weighted by molar-refractivity contribution is -0.136. The Labute approximate surface area is 158 Å². The molecule has 0 rings (SSSR count). The summed E-state index contributed by atoms with van der Waals surface area (Å²) >= 11 is 0. The van der Waals surface area contributed by atoms with Crippen LogP contribution in [0.3, 0.4) is 0 Å². The number of hydroxylamine groups is 1. The Morgan fingerprint density at radius 1 is 1.00 bits per heavy atom. The largest absolute Gasteiger partial charge is 0.350 e. The van der Waals surface area contributed by atoms with Crippen LogP contribution in [0.1, 0.15) is 81.1 Å². The third kappa shape index (κ3) is 15.9. The van der Waals surface area contributed by atoms with Crippen LogP contribution < -0.4 is 16.1 Å². The van der Waals surface area contributed by atoms with Crippen LogP contribution in [0, 0.1) is 11.8 Å². The predicted molar refractivity (Wildman–Crippen MR) is 104 cm³/mol. The summed E-state index contributed by atoms with van der Waals surface area (Å²) in [5.41, 5.74) is 1.16. The minimum Gasteiger partial charge on any atom is -0.350 e. The zero-order valence-electron chi connectivity index (χ0n) is 17.7. The minimum atomic E-state index is -0.687. The third-order valence-corrected chi connectivity index (χ3v) is 3.08. The summed E-state index contributed by atoms with van der Waals surface area (Å²) < 4.78 is 0. The first-order valence-electron chi connectivity index (χ1n) is 9.39. The topological polar surface area (TPSA) is 108 Å². The number of hydrogen-bond acceptors (Lipinski definition) is 4. The van der Waals surface area contributed by atoms with E-state index in [-0.39, 0.29) is 23.8 Å². The zero-order chi connectivity index (χ0) is 20.9. The van der Waals surface area contributed by atoms with Gasteiger partial charge in [0.25, 0.3) is 0 Å². The highest BCUT2D eigenvalue weighted by molar-refractivity contribution is 5.90. The van der Waals surface area contributed by atoms with Crippen molar-refractivity contribution in [1.82, 2.24) is 16.1 Å². The molecule has 0 heterocycles. The fourth-order valence-corrected chi connectivity index (χ4v) is 1.92. The maximum absolute atomic E-state index is 12.2. The van der Waals surface area contributed by atoms with E-state index in [1.807, 2.05) is 27.7 Å². The Morgan fingerprint density at radius 2 is 1.50 bits per heavy atom. The number of carbonyl (C=O) groups is 3. The second-order valence-electron chi connectivity index (χ2n) is 8.28. The molecule has 0 radical (unpaired) electrons. The van der Waals surface area contributed by atoms with Gasteiger partial charge in [-0.05, 0) is 40.0 Å². The maximum atomic E-state index is 12.2. The lowest BCUT2D eigenvalue weighted by atomic mass is 9.96. The number of rotatable bonds is 8. The number of unbranched alkanes of at least 4 members (excludes halogenated alkanes) is 1. The fourth-order valence-electron chi connectivity index (χ4n) is 1.92. The lowest BCUT2D eigenvalue weighted by Crippen LogP contribution is -2.52. The Morgan fingerprint density at radius 3 is 1.88 bits per heavy atom. The Bertz CT molecular complexity index is 428. The molecule has 0 aliphatic carbocycles. The Kier molecular flexibility index (Phi) is 13.9. The summed E-state index contributed by atoms with van der Waals surface area (Å²) in [6, 6.07) is -0.687. The van der Waals surface area contributed by atoms with Gasteiger partial charge in [0.05, 0.1) is 0 Å². The molecule has 0 saturated heterocycles. The highest BCUT2D eigenvalue weighted by Gasteiger charge is 2.26. The molecule has 0 aromatic rings.